The van der Waals surface area contributed by atoms with Crippen molar-refractivity contribution in [3.05, 3.63) is 99.5 Å². The number of para-hydroxylation sites is 1. The molecule has 3 aromatic rings. The Morgan fingerprint density at radius 2 is 1.62 bits per heavy atom. The molecule has 1 unspecified atom stereocenters. The Kier molecular flexibility index (Phi) is 4.71. The van der Waals surface area contributed by atoms with Crippen molar-refractivity contribution in [2.75, 3.05) is 5.01 Å². The summed E-state index contributed by atoms with van der Waals surface area (Å²) in [7, 11) is 0. The molecule has 4 rings (SSSR count). The number of hydrazone groups is 1. The van der Waals surface area contributed by atoms with E-state index in [1.807, 2.05) is 41.4 Å². The first-order chi connectivity index (χ1) is 12.6. The summed E-state index contributed by atoms with van der Waals surface area (Å²) < 4.78 is 0. The molecule has 0 fully saturated rings. The van der Waals surface area contributed by atoms with E-state index in [9.17, 15) is 0 Å². The molecule has 0 amide bonds. The molecule has 2 nitrogen and oxygen atoms in total. The third kappa shape index (κ3) is 3.23. The summed E-state index contributed by atoms with van der Waals surface area (Å²) >= 11 is 12.8. The van der Waals surface area contributed by atoms with E-state index in [1.54, 1.807) is 0 Å². The molecule has 0 spiro atoms. The smallest absolute Gasteiger partial charge is 0.0846 e. The molecule has 0 saturated heterocycles. The average Bonchev–Trinajstić information content (AvgIpc) is 3.10. The maximum atomic E-state index is 6.53. The van der Waals surface area contributed by atoms with E-state index in [4.69, 9.17) is 28.3 Å². The number of aryl methyl sites for hydroxylation is 1. The molecule has 0 saturated carbocycles. The lowest BCUT2D eigenvalue weighted by Crippen LogP contribution is -2.18. The molecule has 26 heavy (non-hydrogen) atoms. The highest BCUT2D eigenvalue weighted by Gasteiger charge is 2.31. The van der Waals surface area contributed by atoms with Gasteiger partial charge in [0.1, 0.15) is 0 Å². The minimum atomic E-state index is 0.0138. The predicted molar refractivity (Wildman–Crippen MR) is 110 cm³/mol. The second kappa shape index (κ2) is 7.14. The fourth-order valence-electron chi connectivity index (χ4n) is 3.27. The zero-order chi connectivity index (χ0) is 18.1. The molecule has 4 heteroatoms. The molecule has 1 aliphatic rings. The van der Waals surface area contributed by atoms with Crippen LogP contribution in [-0.2, 0) is 0 Å². The number of nitrogens with zero attached hydrogens (tertiary/aromatic N) is 2. The van der Waals surface area contributed by atoms with Gasteiger partial charge in [-0.25, -0.2) is 0 Å². The largest absolute Gasteiger partial charge is 0.257 e. The number of anilines is 1. The van der Waals surface area contributed by atoms with Crippen molar-refractivity contribution in [3.8, 4) is 0 Å². The minimum Gasteiger partial charge on any atom is -0.257 e. The fourth-order valence-corrected chi connectivity index (χ4v) is 3.70. The van der Waals surface area contributed by atoms with Crippen LogP contribution in [0.3, 0.4) is 0 Å². The first-order valence-corrected chi connectivity index (χ1v) is 9.32. The zero-order valence-electron chi connectivity index (χ0n) is 14.4. The molecule has 1 atom stereocenters. The van der Waals surface area contributed by atoms with Gasteiger partial charge in [0, 0.05) is 6.42 Å². The summed E-state index contributed by atoms with van der Waals surface area (Å²) in [6.07, 6.45) is 0.776. The number of hydrogen-bond donors (Lipinski definition) is 0. The highest BCUT2D eigenvalue weighted by atomic mass is 35.5. The molecule has 0 aromatic heterocycles. The van der Waals surface area contributed by atoms with Gasteiger partial charge >= 0.3 is 0 Å². The maximum absolute atomic E-state index is 6.53. The topological polar surface area (TPSA) is 15.6 Å². The molecule has 3 aromatic carbocycles. The first kappa shape index (κ1) is 17.1. The van der Waals surface area contributed by atoms with Crippen molar-refractivity contribution >= 4 is 34.6 Å². The molecule has 0 bridgehead atoms. The number of rotatable bonds is 3. The SMILES string of the molecule is Cc1ccc(C2=NN(c3ccccc3)C(c3cccc(Cl)c3Cl)C2)cc1. The summed E-state index contributed by atoms with van der Waals surface area (Å²) in [5.41, 5.74) is 5.46. The molecule has 1 aliphatic heterocycles. The van der Waals surface area contributed by atoms with Crippen LogP contribution >= 0.6 is 23.2 Å². The summed E-state index contributed by atoms with van der Waals surface area (Å²) in [5.74, 6) is 0. The van der Waals surface area contributed by atoms with Gasteiger partial charge in [-0.05, 0) is 36.2 Å². The van der Waals surface area contributed by atoms with Crippen LogP contribution in [0.2, 0.25) is 10.0 Å². The third-order valence-corrected chi connectivity index (χ3v) is 5.49. The van der Waals surface area contributed by atoms with Gasteiger partial charge in [0.05, 0.1) is 27.5 Å². The van der Waals surface area contributed by atoms with E-state index in [-0.39, 0.29) is 6.04 Å². The van der Waals surface area contributed by atoms with Crippen molar-refractivity contribution in [2.24, 2.45) is 5.10 Å². The second-order valence-electron chi connectivity index (χ2n) is 6.46. The van der Waals surface area contributed by atoms with Crippen molar-refractivity contribution in [1.82, 2.24) is 0 Å². The predicted octanol–water partition coefficient (Wildman–Crippen LogP) is 6.66. The standard InChI is InChI=1S/C22H18Cl2N2/c1-15-10-12-16(13-11-15)20-14-21(18-8-5-9-19(23)22(18)24)26(25-20)17-6-3-2-4-7-17/h2-13,21H,14H2,1H3. The van der Waals surface area contributed by atoms with E-state index >= 15 is 0 Å². The van der Waals surface area contributed by atoms with Gasteiger partial charge in [-0.15, -0.1) is 0 Å². The van der Waals surface area contributed by atoms with Crippen molar-refractivity contribution in [2.45, 2.75) is 19.4 Å². The van der Waals surface area contributed by atoms with Gasteiger partial charge < -0.3 is 0 Å². The average molecular weight is 381 g/mol. The van der Waals surface area contributed by atoms with Gasteiger partial charge in [0.2, 0.25) is 0 Å². The number of halogens is 2. The molecule has 130 valence electrons. The van der Waals surface area contributed by atoms with E-state index in [0.29, 0.717) is 10.0 Å². The lowest BCUT2D eigenvalue weighted by Gasteiger charge is -2.25. The highest BCUT2D eigenvalue weighted by molar-refractivity contribution is 6.42. The van der Waals surface area contributed by atoms with Crippen LogP contribution in [-0.4, -0.2) is 5.71 Å². The molecule has 1 heterocycles. The Bertz CT molecular complexity index is 950. The van der Waals surface area contributed by atoms with Gasteiger partial charge in [0.15, 0.2) is 0 Å². The quantitative estimate of drug-likeness (QED) is 0.495. The Labute approximate surface area is 163 Å². The Morgan fingerprint density at radius 3 is 2.35 bits per heavy atom. The number of hydrogen-bond acceptors (Lipinski definition) is 2. The van der Waals surface area contributed by atoms with E-state index in [1.165, 1.54) is 5.56 Å². The normalized spacial score (nSPS) is 16.7. The highest BCUT2D eigenvalue weighted by Crippen LogP contribution is 2.41. The van der Waals surface area contributed by atoms with E-state index < -0.39 is 0 Å². The van der Waals surface area contributed by atoms with Crippen molar-refractivity contribution < 1.29 is 0 Å². The van der Waals surface area contributed by atoms with Crippen LogP contribution in [0, 0.1) is 6.92 Å². The van der Waals surface area contributed by atoms with Crippen LogP contribution in [0.1, 0.15) is 29.2 Å². The number of benzene rings is 3. The summed E-state index contributed by atoms with van der Waals surface area (Å²) in [5, 5.41) is 8.15. The van der Waals surface area contributed by atoms with Gasteiger partial charge in [-0.3, -0.25) is 5.01 Å². The molecule has 0 N–H and O–H groups in total. The molecular formula is C22H18Cl2N2. The monoisotopic (exact) mass is 380 g/mol. The third-order valence-electron chi connectivity index (χ3n) is 4.66. The first-order valence-electron chi connectivity index (χ1n) is 8.56. The van der Waals surface area contributed by atoms with Crippen LogP contribution in [0.5, 0.6) is 0 Å². The summed E-state index contributed by atoms with van der Waals surface area (Å²) in [4.78, 5) is 0. The molecular weight excluding hydrogens is 363 g/mol. The van der Waals surface area contributed by atoms with Gasteiger partial charge in [0.25, 0.3) is 0 Å². The van der Waals surface area contributed by atoms with E-state index in [0.717, 1.165) is 28.9 Å². The molecule has 0 radical (unpaired) electrons. The lowest BCUT2D eigenvalue weighted by molar-refractivity contribution is 0.709. The lowest BCUT2D eigenvalue weighted by atomic mass is 9.97. The van der Waals surface area contributed by atoms with Crippen LogP contribution in [0.4, 0.5) is 5.69 Å². The van der Waals surface area contributed by atoms with Crippen LogP contribution in [0.25, 0.3) is 0 Å². The Hall–Kier alpha value is -2.29. The van der Waals surface area contributed by atoms with Gasteiger partial charge in [-0.1, -0.05) is 83.4 Å². The van der Waals surface area contributed by atoms with Crippen molar-refractivity contribution in [1.29, 1.82) is 0 Å². The summed E-state index contributed by atoms with van der Waals surface area (Å²) in [6.45, 7) is 2.09. The fraction of sp³-hybridized carbons (Fsp3) is 0.136. The Balaban J connectivity index is 1.78. The zero-order valence-corrected chi connectivity index (χ0v) is 15.9. The summed E-state index contributed by atoms with van der Waals surface area (Å²) in [6, 6.07) is 24.4. The molecule has 0 aliphatic carbocycles. The van der Waals surface area contributed by atoms with Crippen LogP contribution < -0.4 is 5.01 Å². The van der Waals surface area contributed by atoms with Gasteiger partial charge in [-0.2, -0.15) is 5.10 Å². The van der Waals surface area contributed by atoms with Crippen molar-refractivity contribution in [3.63, 3.8) is 0 Å². The van der Waals surface area contributed by atoms with Crippen LogP contribution in [0.15, 0.2) is 77.9 Å². The Morgan fingerprint density at radius 1 is 0.885 bits per heavy atom. The maximum Gasteiger partial charge on any atom is 0.0846 e. The second-order valence-corrected chi connectivity index (χ2v) is 7.24. The van der Waals surface area contributed by atoms with E-state index in [2.05, 4.69) is 43.3 Å². The minimum absolute atomic E-state index is 0.0138.